The molecule has 2 atom stereocenters. The molecule has 3 rings (SSSR count). The number of rotatable bonds is 7. The number of halogens is 1. The third kappa shape index (κ3) is 5.62. The van der Waals surface area contributed by atoms with E-state index < -0.39 is 23.7 Å². The molecule has 2 amide bonds. The summed E-state index contributed by atoms with van der Waals surface area (Å²) in [5.74, 6) is -1.27. The fourth-order valence-corrected chi connectivity index (χ4v) is 3.62. The lowest BCUT2D eigenvalue weighted by Gasteiger charge is -2.27. The van der Waals surface area contributed by atoms with E-state index in [2.05, 4.69) is 10.3 Å². The molecule has 0 aliphatic heterocycles. The second kappa shape index (κ2) is 10.5. The highest BCUT2D eigenvalue weighted by molar-refractivity contribution is 6.04. The third-order valence-corrected chi connectivity index (χ3v) is 5.52. The zero-order valence-corrected chi connectivity index (χ0v) is 20.1. The number of amides is 2. The SMILES string of the molecule is CCCc1c(O)cc(C(=O)Nc2ccc(C)cn2)cc1OC1C=C(F)C(C(=O)N(C)C)=CC1C. The Hall–Kier alpha value is -3.68. The van der Waals surface area contributed by atoms with E-state index in [-0.39, 0.29) is 22.8 Å². The Kier molecular flexibility index (Phi) is 7.71. The van der Waals surface area contributed by atoms with Crippen LogP contribution in [0, 0.1) is 12.8 Å². The van der Waals surface area contributed by atoms with Crippen molar-refractivity contribution >= 4 is 17.6 Å². The number of phenols is 1. The van der Waals surface area contributed by atoms with Crippen molar-refractivity contribution in [1.29, 1.82) is 0 Å². The Balaban J connectivity index is 1.89. The van der Waals surface area contributed by atoms with Gasteiger partial charge in [0.15, 0.2) is 0 Å². The molecule has 1 aromatic carbocycles. The van der Waals surface area contributed by atoms with E-state index in [9.17, 15) is 19.1 Å². The van der Waals surface area contributed by atoms with Gasteiger partial charge in [-0.15, -0.1) is 0 Å². The summed E-state index contributed by atoms with van der Waals surface area (Å²) in [5.41, 5.74) is 1.67. The van der Waals surface area contributed by atoms with Crippen molar-refractivity contribution in [3.05, 3.63) is 70.7 Å². The largest absolute Gasteiger partial charge is 0.508 e. The number of anilines is 1. The molecule has 0 saturated heterocycles. The van der Waals surface area contributed by atoms with Gasteiger partial charge in [0.25, 0.3) is 11.8 Å². The molecule has 1 aromatic heterocycles. The van der Waals surface area contributed by atoms with E-state index in [0.717, 1.165) is 12.0 Å². The van der Waals surface area contributed by atoms with Crippen LogP contribution in [-0.4, -0.2) is 47.0 Å². The number of likely N-dealkylation sites (N-methyl/N-ethyl adjacent to an activating group) is 1. The van der Waals surface area contributed by atoms with Crippen molar-refractivity contribution in [3.8, 4) is 11.5 Å². The zero-order valence-electron chi connectivity index (χ0n) is 20.1. The molecule has 0 radical (unpaired) electrons. The Bertz CT molecular complexity index is 1140. The quantitative estimate of drug-likeness (QED) is 0.623. The Morgan fingerprint density at radius 2 is 1.97 bits per heavy atom. The fourth-order valence-electron chi connectivity index (χ4n) is 3.62. The molecule has 0 spiro atoms. The Morgan fingerprint density at radius 3 is 2.59 bits per heavy atom. The molecule has 34 heavy (non-hydrogen) atoms. The monoisotopic (exact) mass is 467 g/mol. The summed E-state index contributed by atoms with van der Waals surface area (Å²) in [5, 5.41) is 13.4. The van der Waals surface area contributed by atoms with Gasteiger partial charge in [-0.25, -0.2) is 9.37 Å². The summed E-state index contributed by atoms with van der Waals surface area (Å²) in [6, 6.07) is 6.44. The van der Waals surface area contributed by atoms with Gasteiger partial charge < -0.3 is 20.1 Å². The number of aromatic nitrogens is 1. The maximum Gasteiger partial charge on any atom is 0.257 e. The summed E-state index contributed by atoms with van der Waals surface area (Å²) in [7, 11) is 3.12. The van der Waals surface area contributed by atoms with Gasteiger partial charge in [0, 0.05) is 37.3 Å². The number of benzene rings is 1. The van der Waals surface area contributed by atoms with Crippen LogP contribution in [0.5, 0.6) is 11.5 Å². The predicted molar refractivity (Wildman–Crippen MR) is 129 cm³/mol. The van der Waals surface area contributed by atoms with Crippen molar-refractivity contribution < 1.29 is 23.8 Å². The molecule has 1 aliphatic carbocycles. The highest BCUT2D eigenvalue weighted by atomic mass is 19.1. The molecule has 7 nitrogen and oxygen atoms in total. The van der Waals surface area contributed by atoms with E-state index in [1.54, 1.807) is 32.4 Å². The molecular weight excluding hydrogens is 437 g/mol. The maximum atomic E-state index is 14.7. The summed E-state index contributed by atoms with van der Waals surface area (Å²) in [6.07, 6.45) is 4.97. The number of ether oxygens (including phenoxy) is 1. The van der Waals surface area contributed by atoms with Gasteiger partial charge in [-0.05, 0) is 43.2 Å². The Morgan fingerprint density at radius 1 is 1.24 bits per heavy atom. The highest BCUT2D eigenvalue weighted by Gasteiger charge is 2.29. The van der Waals surface area contributed by atoms with Crippen LogP contribution in [-0.2, 0) is 11.2 Å². The summed E-state index contributed by atoms with van der Waals surface area (Å²) in [6.45, 7) is 5.66. The van der Waals surface area contributed by atoms with Crippen LogP contribution >= 0.6 is 0 Å². The highest BCUT2D eigenvalue weighted by Crippen LogP contribution is 2.35. The molecule has 2 aromatic rings. The number of nitrogens with one attached hydrogen (secondary N) is 1. The van der Waals surface area contributed by atoms with Gasteiger partial charge in [-0.3, -0.25) is 9.59 Å². The van der Waals surface area contributed by atoms with E-state index >= 15 is 0 Å². The number of phenolic OH excluding ortho intramolecular Hbond substituents is 1. The van der Waals surface area contributed by atoms with Crippen LogP contribution in [0.2, 0.25) is 0 Å². The van der Waals surface area contributed by atoms with E-state index in [1.165, 1.54) is 23.1 Å². The first kappa shape index (κ1) is 25.0. The van der Waals surface area contributed by atoms with Gasteiger partial charge in [0.1, 0.15) is 29.2 Å². The summed E-state index contributed by atoms with van der Waals surface area (Å²) < 4.78 is 20.8. The van der Waals surface area contributed by atoms with Crippen LogP contribution in [0.15, 0.2) is 54.0 Å². The molecule has 0 bridgehead atoms. The van der Waals surface area contributed by atoms with Gasteiger partial charge in [0.05, 0.1) is 5.57 Å². The lowest BCUT2D eigenvalue weighted by molar-refractivity contribution is -0.124. The van der Waals surface area contributed by atoms with Crippen molar-refractivity contribution in [2.24, 2.45) is 5.92 Å². The van der Waals surface area contributed by atoms with Crippen LogP contribution < -0.4 is 10.1 Å². The number of hydrogen-bond donors (Lipinski definition) is 2. The van der Waals surface area contributed by atoms with Crippen LogP contribution in [0.3, 0.4) is 0 Å². The number of aromatic hydroxyl groups is 1. The van der Waals surface area contributed by atoms with Crippen LogP contribution in [0.25, 0.3) is 0 Å². The first-order chi connectivity index (χ1) is 16.1. The Labute approximate surface area is 199 Å². The number of carbonyl (C=O) groups is 2. The molecule has 1 aliphatic rings. The predicted octanol–water partition coefficient (Wildman–Crippen LogP) is 4.57. The number of carbonyl (C=O) groups excluding carboxylic acids is 2. The zero-order chi connectivity index (χ0) is 25.0. The minimum atomic E-state index is -0.717. The van der Waals surface area contributed by atoms with Crippen molar-refractivity contribution in [2.45, 2.75) is 39.7 Å². The first-order valence-corrected chi connectivity index (χ1v) is 11.2. The number of aryl methyl sites for hydroxylation is 1. The van der Waals surface area contributed by atoms with Crippen molar-refractivity contribution in [2.75, 3.05) is 19.4 Å². The van der Waals surface area contributed by atoms with E-state index in [4.69, 9.17) is 4.74 Å². The standard InChI is InChI=1S/C26H30FN3O4/c1-6-7-18-21(31)11-17(25(32)29-24-9-8-15(2)14-28-24)12-23(18)34-22-13-20(27)19(10-16(22)3)26(33)30(4)5/h8-14,16,22,31H,6-7H2,1-5H3,(H,28,29,32). The molecule has 2 N–H and O–H groups in total. The lowest BCUT2D eigenvalue weighted by Crippen LogP contribution is -2.30. The number of hydrogen-bond acceptors (Lipinski definition) is 5. The van der Waals surface area contributed by atoms with Gasteiger partial charge in [0.2, 0.25) is 0 Å². The second-order valence-corrected chi connectivity index (χ2v) is 8.63. The normalized spacial score (nSPS) is 17.5. The minimum Gasteiger partial charge on any atom is -0.508 e. The fraction of sp³-hybridized carbons (Fsp3) is 0.346. The topological polar surface area (TPSA) is 91.8 Å². The molecule has 180 valence electrons. The van der Waals surface area contributed by atoms with Crippen LogP contribution in [0.1, 0.15) is 41.8 Å². The number of nitrogens with zero attached hydrogens (tertiary/aromatic N) is 2. The maximum absolute atomic E-state index is 14.7. The molecule has 2 unspecified atom stereocenters. The van der Waals surface area contributed by atoms with Crippen molar-refractivity contribution in [3.63, 3.8) is 0 Å². The van der Waals surface area contributed by atoms with Crippen LogP contribution in [0.4, 0.5) is 10.2 Å². The van der Waals surface area contributed by atoms with Crippen molar-refractivity contribution in [1.82, 2.24) is 9.88 Å². The second-order valence-electron chi connectivity index (χ2n) is 8.63. The average molecular weight is 468 g/mol. The minimum absolute atomic E-state index is 0.00675. The van der Waals surface area contributed by atoms with Gasteiger partial charge >= 0.3 is 0 Å². The average Bonchev–Trinajstić information content (AvgIpc) is 2.79. The van der Waals surface area contributed by atoms with Gasteiger partial charge in [-0.2, -0.15) is 0 Å². The lowest BCUT2D eigenvalue weighted by atomic mass is 9.93. The third-order valence-electron chi connectivity index (χ3n) is 5.52. The first-order valence-electron chi connectivity index (χ1n) is 11.2. The van der Waals surface area contributed by atoms with Gasteiger partial charge in [-0.1, -0.05) is 32.4 Å². The molecule has 0 saturated carbocycles. The number of pyridine rings is 1. The summed E-state index contributed by atoms with van der Waals surface area (Å²) in [4.78, 5) is 30.5. The van der Waals surface area contributed by atoms with E-state index in [0.29, 0.717) is 23.6 Å². The van der Waals surface area contributed by atoms with E-state index in [1.807, 2.05) is 26.8 Å². The summed E-state index contributed by atoms with van der Waals surface area (Å²) >= 11 is 0. The smallest absolute Gasteiger partial charge is 0.257 e. The molecule has 1 heterocycles. The molecule has 8 heteroatoms. The molecule has 0 fully saturated rings. The molecular formula is C26H30FN3O4.